The first kappa shape index (κ1) is 12.1. The number of aromatic nitrogens is 4. The summed E-state index contributed by atoms with van der Waals surface area (Å²) < 4.78 is 0. The number of halogens is 1. The minimum atomic E-state index is 0.413. The Morgan fingerprint density at radius 1 is 1.29 bits per heavy atom. The molecule has 2 aromatic heterocycles. The quantitative estimate of drug-likeness (QED) is 0.678. The van der Waals surface area contributed by atoms with E-state index < -0.39 is 0 Å². The molecule has 5 nitrogen and oxygen atoms in total. The molecule has 0 unspecified atom stereocenters. The number of aryl methyl sites for hydroxylation is 1. The van der Waals surface area contributed by atoms with Crippen molar-refractivity contribution in [3.8, 4) is 0 Å². The number of thioether (sulfide) groups is 1. The van der Waals surface area contributed by atoms with Gasteiger partial charge in [0.1, 0.15) is 16.0 Å². The normalized spacial score (nSPS) is 10.5. The summed E-state index contributed by atoms with van der Waals surface area (Å²) in [4.78, 5) is 16.5. The molecule has 0 aliphatic heterocycles. The molecule has 2 heterocycles. The lowest BCUT2D eigenvalue weighted by Crippen LogP contribution is -1.98. The molecular formula is C10H10ClN5S. The van der Waals surface area contributed by atoms with Gasteiger partial charge in [-0.3, -0.25) is 0 Å². The van der Waals surface area contributed by atoms with Crippen LogP contribution in [0.15, 0.2) is 23.5 Å². The van der Waals surface area contributed by atoms with Gasteiger partial charge in [-0.2, -0.15) is 0 Å². The third-order valence-corrected chi connectivity index (χ3v) is 3.08. The lowest BCUT2D eigenvalue weighted by molar-refractivity contribution is 0.990. The molecule has 0 aromatic carbocycles. The van der Waals surface area contributed by atoms with Crippen LogP contribution in [0.4, 0.5) is 5.82 Å². The second-order valence-electron chi connectivity index (χ2n) is 3.28. The fourth-order valence-electron chi connectivity index (χ4n) is 1.23. The summed E-state index contributed by atoms with van der Waals surface area (Å²) in [7, 11) is 0. The van der Waals surface area contributed by atoms with Gasteiger partial charge in [-0.05, 0) is 13.0 Å². The van der Waals surface area contributed by atoms with Gasteiger partial charge >= 0.3 is 0 Å². The highest BCUT2D eigenvalue weighted by atomic mass is 35.5. The van der Waals surface area contributed by atoms with Gasteiger partial charge < -0.3 is 5.73 Å². The minimum absolute atomic E-state index is 0.413. The molecule has 0 amide bonds. The van der Waals surface area contributed by atoms with Crippen molar-refractivity contribution in [1.29, 1.82) is 0 Å². The second-order valence-corrected chi connectivity index (χ2v) is 4.63. The standard InChI is InChI=1S/C10H10ClN5S/c1-6-4-7(11)16-8(15-6)5-17-10-9(12)13-2-3-14-10/h2-4H,5H2,1H3,(H2,12,13). The Kier molecular flexibility index (Phi) is 3.75. The van der Waals surface area contributed by atoms with Gasteiger partial charge in [-0.1, -0.05) is 23.4 Å². The lowest BCUT2D eigenvalue weighted by atomic mass is 10.4. The fourth-order valence-corrected chi connectivity index (χ4v) is 2.22. The zero-order chi connectivity index (χ0) is 12.3. The van der Waals surface area contributed by atoms with Crippen molar-refractivity contribution in [2.75, 3.05) is 5.73 Å². The number of rotatable bonds is 3. The van der Waals surface area contributed by atoms with Crippen molar-refractivity contribution < 1.29 is 0 Å². The highest BCUT2D eigenvalue weighted by Crippen LogP contribution is 2.23. The molecule has 0 radical (unpaired) electrons. The van der Waals surface area contributed by atoms with Gasteiger partial charge in [0.15, 0.2) is 5.82 Å². The van der Waals surface area contributed by atoms with Crippen LogP contribution in [0.5, 0.6) is 0 Å². The molecule has 0 aliphatic rings. The molecule has 0 saturated heterocycles. The summed E-state index contributed by atoms with van der Waals surface area (Å²) in [6.45, 7) is 1.87. The predicted molar refractivity (Wildman–Crippen MR) is 67.8 cm³/mol. The van der Waals surface area contributed by atoms with Crippen molar-refractivity contribution in [2.24, 2.45) is 0 Å². The maximum absolute atomic E-state index is 5.85. The topological polar surface area (TPSA) is 77.6 Å². The number of hydrogen-bond donors (Lipinski definition) is 1. The van der Waals surface area contributed by atoms with E-state index in [0.717, 1.165) is 5.69 Å². The summed E-state index contributed by atoms with van der Waals surface area (Å²) in [5, 5.41) is 1.12. The van der Waals surface area contributed by atoms with Crippen molar-refractivity contribution in [3.05, 3.63) is 35.1 Å². The van der Waals surface area contributed by atoms with Crippen molar-refractivity contribution in [3.63, 3.8) is 0 Å². The van der Waals surface area contributed by atoms with Crippen molar-refractivity contribution >= 4 is 29.2 Å². The van der Waals surface area contributed by atoms with E-state index >= 15 is 0 Å². The van der Waals surface area contributed by atoms with Crippen LogP contribution in [0.25, 0.3) is 0 Å². The SMILES string of the molecule is Cc1cc(Cl)nc(CSc2nccnc2N)n1. The van der Waals surface area contributed by atoms with Crippen LogP contribution in [-0.4, -0.2) is 19.9 Å². The number of anilines is 1. The third kappa shape index (κ3) is 3.28. The third-order valence-electron chi connectivity index (χ3n) is 1.90. The summed E-state index contributed by atoms with van der Waals surface area (Å²) in [6.07, 6.45) is 3.15. The molecule has 0 spiro atoms. The molecular weight excluding hydrogens is 258 g/mol. The van der Waals surface area contributed by atoms with Crippen LogP contribution >= 0.6 is 23.4 Å². The van der Waals surface area contributed by atoms with Crippen LogP contribution in [0.1, 0.15) is 11.5 Å². The van der Waals surface area contributed by atoms with Crippen LogP contribution in [0.3, 0.4) is 0 Å². The number of nitrogens with zero attached hydrogens (tertiary/aromatic N) is 4. The molecule has 2 rings (SSSR count). The van der Waals surface area contributed by atoms with Gasteiger partial charge in [0.2, 0.25) is 0 Å². The highest BCUT2D eigenvalue weighted by molar-refractivity contribution is 7.98. The fraction of sp³-hybridized carbons (Fsp3) is 0.200. The Balaban J connectivity index is 2.10. The monoisotopic (exact) mass is 267 g/mol. The van der Waals surface area contributed by atoms with Gasteiger partial charge in [-0.25, -0.2) is 19.9 Å². The maximum atomic E-state index is 5.85. The number of nitrogen functional groups attached to an aromatic ring is 1. The van der Waals surface area contributed by atoms with E-state index in [1.807, 2.05) is 6.92 Å². The van der Waals surface area contributed by atoms with Gasteiger partial charge in [0.05, 0.1) is 5.75 Å². The number of nitrogens with two attached hydrogens (primary N) is 1. The largest absolute Gasteiger partial charge is 0.381 e. The highest BCUT2D eigenvalue weighted by Gasteiger charge is 2.05. The van der Waals surface area contributed by atoms with Gasteiger partial charge in [-0.15, -0.1) is 0 Å². The smallest absolute Gasteiger partial charge is 0.156 e. The van der Waals surface area contributed by atoms with Crippen molar-refractivity contribution in [1.82, 2.24) is 19.9 Å². The van der Waals surface area contributed by atoms with E-state index in [1.54, 1.807) is 18.5 Å². The first-order chi connectivity index (χ1) is 8.15. The molecule has 17 heavy (non-hydrogen) atoms. The summed E-state index contributed by atoms with van der Waals surface area (Å²) in [5.74, 6) is 1.63. The molecule has 2 N–H and O–H groups in total. The predicted octanol–water partition coefficient (Wildman–Crippen LogP) is 2.10. The van der Waals surface area contributed by atoms with E-state index in [9.17, 15) is 0 Å². The second kappa shape index (κ2) is 5.29. The average Bonchev–Trinajstić information content (AvgIpc) is 2.27. The van der Waals surface area contributed by atoms with E-state index in [2.05, 4.69) is 19.9 Å². The van der Waals surface area contributed by atoms with Crippen LogP contribution in [0.2, 0.25) is 5.15 Å². The Bertz CT molecular complexity index is 514. The number of hydrogen-bond acceptors (Lipinski definition) is 6. The molecule has 0 saturated carbocycles. The molecule has 88 valence electrons. The summed E-state index contributed by atoms with van der Waals surface area (Å²) >= 11 is 7.29. The molecule has 7 heteroatoms. The Labute approximate surface area is 108 Å². The van der Waals surface area contributed by atoms with E-state index in [-0.39, 0.29) is 0 Å². The summed E-state index contributed by atoms with van der Waals surface area (Å²) in [6, 6.07) is 1.71. The molecule has 2 aromatic rings. The molecule has 0 atom stereocenters. The average molecular weight is 268 g/mol. The van der Waals surface area contributed by atoms with E-state index in [1.165, 1.54) is 11.8 Å². The Hall–Kier alpha value is -1.40. The first-order valence-electron chi connectivity index (χ1n) is 4.84. The Morgan fingerprint density at radius 3 is 2.76 bits per heavy atom. The van der Waals surface area contributed by atoms with Gasteiger partial charge in [0, 0.05) is 18.1 Å². The van der Waals surface area contributed by atoms with Crippen LogP contribution in [0, 0.1) is 6.92 Å². The van der Waals surface area contributed by atoms with Crippen LogP contribution in [-0.2, 0) is 5.75 Å². The zero-order valence-electron chi connectivity index (χ0n) is 9.09. The first-order valence-corrected chi connectivity index (χ1v) is 6.21. The molecule has 0 aliphatic carbocycles. The van der Waals surface area contributed by atoms with E-state index in [0.29, 0.717) is 27.6 Å². The zero-order valence-corrected chi connectivity index (χ0v) is 10.7. The minimum Gasteiger partial charge on any atom is -0.381 e. The van der Waals surface area contributed by atoms with E-state index in [4.69, 9.17) is 17.3 Å². The molecule has 0 fully saturated rings. The summed E-state index contributed by atoms with van der Waals surface area (Å²) in [5.41, 5.74) is 6.52. The lowest BCUT2D eigenvalue weighted by Gasteiger charge is -2.03. The molecule has 0 bridgehead atoms. The van der Waals surface area contributed by atoms with Gasteiger partial charge in [0.25, 0.3) is 0 Å². The van der Waals surface area contributed by atoms with Crippen molar-refractivity contribution in [2.45, 2.75) is 17.7 Å². The van der Waals surface area contributed by atoms with Crippen LogP contribution < -0.4 is 5.73 Å². The maximum Gasteiger partial charge on any atom is 0.156 e. The Morgan fingerprint density at radius 2 is 2.06 bits per heavy atom.